The van der Waals surface area contributed by atoms with Crippen molar-refractivity contribution in [2.45, 2.75) is 52.4 Å². The van der Waals surface area contributed by atoms with Crippen molar-refractivity contribution in [2.24, 2.45) is 0 Å². The van der Waals surface area contributed by atoms with Crippen LogP contribution >= 0.6 is 0 Å². The number of aromatic hydroxyl groups is 1. The van der Waals surface area contributed by atoms with E-state index >= 15 is 0 Å². The molecule has 3 heterocycles. The number of phenolic OH excluding ortho intramolecular Hbond substituents is 1. The largest absolute Gasteiger partial charge is 0.506 e. The number of pyridine rings is 2. The van der Waals surface area contributed by atoms with E-state index in [0.29, 0.717) is 17.1 Å². The number of aromatic nitrogens is 3. The highest BCUT2D eigenvalue weighted by Crippen LogP contribution is 2.38. The number of benzene rings is 3. The molecule has 3 aromatic carbocycles. The minimum absolute atomic E-state index is 0.00277. The summed E-state index contributed by atoms with van der Waals surface area (Å²) in [6, 6.07) is 26.3. The maximum absolute atomic E-state index is 10.6. The van der Waals surface area contributed by atoms with E-state index < -0.39 is 0 Å². The Bertz CT molecular complexity index is 1870. The van der Waals surface area contributed by atoms with Crippen molar-refractivity contribution in [3.63, 3.8) is 0 Å². The number of hydrogen-bond acceptors (Lipinski definition) is 4. The van der Waals surface area contributed by atoms with Gasteiger partial charge >= 0.3 is 0 Å². The third-order valence-electron chi connectivity index (χ3n) is 7.31. The van der Waals surface area contributed by atoms with Crippen LogP contribution in [0.25, 0.3) is 38.5 Å². The quantitative estimate of drug-likeness (QED) is 0.256. The summed E-state index contributed by atoms with van der Waals surface area (Å²) in [5.41, 5.74) is 4.77. The van der Waals surface area contributed by atoms with Crippen LogP contribution in [0.1, 0.15) is 52.7 Å². The van der Waals surface area contributed by atoms with Gasteiger partial charge in [0.15, 0.2) is 0 Å². The summed E-state index contributed by atoms with van der Waals surface area (Å²) in [4.78, 5) is 9.47. The molecule has 196 valence electrons. The molecule has 0 aliphatic heterocycles. The fraction of sp³-hybridized carbons (Fsp3) is 0.235. The third-order valence-corrected chi connectivity index (χ3v) is 7.31. The van der Waals surface area contributed by atoms with Crippen LogP contribution in [0.15, 0.2) is 85.1 Å². The van der Waals surface area contributed by atoms with E-state index in [9.17, 15) is 5.11 Å². The van der Waals surface area contributed by atoms with Gasteiger partial charge in [0.2, 0.25) is 5.88 Å². The monoisotopic (exact) mass is 515 g/mol. The zero-order valence-electron chi connectivity index (χ0n) is 23.3. The first-order valence-corrected chi connectivity index (χ1v) is 13.3. The van der Waals surface area contributed by atoms with Crippen molar-refractivity contribution in [1.82, 2.24) is 14.5 Å². The molecule has 6 aromatic rings. The van der Waals surface area contributed by atoms with Gasteiger partial charge < -0.3 is 9.84 Å². The number of ether oxygens (including phenoxy) is 1. The summed E-state index contributed by atoms with van der Waals surface area (Å²) < 4.78 is 8.60. The van der Waals surface area contributed by atoms with Crippen LogP contribution in [0, 0.1) is 0 Å². The van der Waals surface area contributed by atoms with E-state index in [4.69, 9.17) is 14.7 Å². The Morgan fingerprint density at radius 2 is 1.46 bits per heavy atom. The maximum Gasteiger partial charge on any atom is 0.220 e. The lowest BCUT2D eigenvalue weighted by molar-refractivity contribution is 0.457. The molecule has 6 rings (SSSR count). The normalized spacial score (nSPS) is 12.5. The van der Waals surface area contributed by atoms with Crippen molar-refractivity contribution in [3.8, 4) is 23.2 Å². The van der Waals surface area contributed by atoms with Gasteiger partial charge in [-0.3, -0.25) is 4.57 Å². The van der Waals surface area contributed by atoms with Crippen molar-refractivity contribution >= 4 is 32.7 Å². The Hall–Kier alpha value is -4.38. The molecule has 1 N–H and O–H groups in total. The molecule has 0 aliphatic carbocycles. The Morgan fingerprint density at radius 1 is 0.718 bits per heavy atom. The number of rotatable bonds is 3. The highest BCUT2D eigenvalue weighted by atomic mass is 16.5. The maximum atomic E-state index is 10.6. The summed E-state index contributed by atoms with van der Waals surface area (Å²) in [5.74, 6) is 2.13. The van der Waals surface area contributed by atoms with Crippen LogP contribution < -0.4 is 4.74 Å². The number of para-hydroxylation sites is 2. The first-order chi connectivity index (χ1) is 18.5. The van der Waals surface area contributed by atoms with Crippen LogP contribution in [0.4, 0.5) is 0 Å². The van der Waals surface area contributed by atoms with Crippen molar-refractivity contribution < 1.29 is 9.84 Å². The van der Waals surface area contributed by atoms with Crippen LogP contribution in [-0.2, 0) is 10.8 Å². The molecule has 0 radical (unpaired) electrons. The highest BCUT2D eigenvalue weighted by molar-refractivity contribution is 6.09. The standard InChI is InChI=1S/C34H33N3O2/c1-33(2,3)21-16-17-35-30(18-21)37-27-12-8-7-10-23(27)24-15-14-22(19-28(24)37)39-31-20-26(34(4,5)6)25-11-9-13-29(38)32(25)36-31/h7-20,38H,1-6H3. The van der Waals surface area contributed by atoms with Crippen molar-refractivity contribution in [1.29, 1.82) is 0 Å². The number of fused-ring (bicyclic) bond motifs is 4. The fourth-order valence-corrected chi connectivity index (χ4v) is 5.27. The summed E-state index contributed by atoms with van der Waals surface area (Å²) in [6.45, 7) is 13.1. The van der Waals surface area contributed by atoms with Gasteiger partial charge in [0, 0.05) is 34.5 Å². The first kappa shape index (κ1) is 24.9. The van der Waals surface area contributed by atoms with Gasteiger partial charge in [-0.15, -0.1) is 0 Å². The van der Waals surface area contributed by atoms with Crippen LogP contribution in [0.5, 0.6) is 17.4 Å². The Morgan fingerprint density at radius 3 is 2.23 bits per heavy atom. The minimum Gasteiger partial charge on any atom is -0.506 e. The van der Waals surface area contributed by atoms with E-state index in [1.165, 1.54) is 5.56 Å². The zero-order chi connectivity index (χ0) is 27.5. The van der Waals surface area contributed by atoms with Gasteiger partial charge in [0.1, 0.15) is 22.8 Å². The van der Waals surface area contributed by atoms with E-state index in [1.54, 1.807) is 6.07 Å². The predicted octanol–water partition coefficient (Wildman–Crippen LogP) is 8.82. The van der Waals surface area contributed by atoms with E-state index in [-0.39, 0.29) is 16.6 Å². The van der Waals surface area contributed by atoms with Gasteiger partial charge in [0.05, 0.1) is 11.0 Å². The molecular weight excluding hydrogens is 482 g/mol. The van der Waals surface area contributed by atoms with Crippen LogP contribution in [0.3, 0.4) is 0 Å². The molecule has 0 saturated carbocycles. The van der Waals surface area contributed by atoms with E-state index in [1.807, 2.05) is 36.5 Å². The summed E-state index contributed by atoms with van der Waals surface area (Å²) in [7, 11) is 0. The fourth-order valence-electron chi connectivity index (χ4n) is 5.27. The molecule has 0 saturated heterocycles. The summed E-state index contributed by atoms with van der Waals surface area (Å²) in [6.07, 6.45) is 1.89. The average molecular weight is 516 g/mol. The van der Waals surface area contributed by atoms with Crippen LogP contribution in [0.2, 0.25) is 0 Å². The number of nitrogens with zero attached hydrogens (tertiary/aromatic N) is 3. The molecule has 0 unspecified atom stereocenters. The average Bonchev–Trinajstić information content (AvgIpc) is 3.21. The second-order valence-electron chi connectivity index (χ2n) is 12.2. The Balaban J connectivity index is 1.53. The van der Waals surface area contributed by atoms with Crippen molar-refractivity contribution in [3.05, 3.63) is 96.2 Å². The lowest BCUT2D eigenvalue weighted by Gasteiger charge is -2.22. The molecule has 5 heteroatoms. The van der Waals surface area contributed by atoms with Gasteiger partial charge in [0.25, 0.3) is 0 Å². The molecule has 39 heavy (non-hydrogen) atoms. The molecule has 3 aromatic heterocycles. The lowest BCUT2D eigenvalue weighted by Crippen LogP contribution is -2.12. The van der Waals surface area contributed by atoms with E-state index in [0.717, 1.165) is 38.6 Å². The van der Waals surface area contributed by atoms with Crippen LogP contribution in [-0.4, -0.2) is 19.6 Å². The molecule has 0 spiro atoms. The second-order valence-corrected chi connectivity index (χ2v) is 12.2. The third kappa shape index (κ3) is 4.38. The molecule has 0 fully saturated rings. The van der Waals surface area contributed by atoms with Gasteiger partial charge in [-0.1, -0.05) is 71.9 Å². The smallest absolute Gasteiger partial charge is 0.220 e. The molecular formula is C34H33N3O2. The lowest BCUT2D eigenvalue weighted by atomic mass is 9.85. The Labute approximate surface area is 228 Å². The molecule has 0 amide bonds. The number of phenols is 1. The Kier molecular flexibility index (Phi) is 5.65. The zero-order valence-corrected chi connectivity index (χ0v) is 23.3. The number of hydrogen-bond donors (Lipinski definition) is 1. The highest BCUT2D eigenvalue weighted by Gasteiger charge is 2.22. The van der Waals surface area contributed by atoms with Gasteiger partial charge in [-0.2, -0.15) is 0 Å². The summed E-state index contributed by atoms with van der Waals surface area (Å²) >= 11 is 0. The minimum atomic E-state index is -0.160. The predicted molar refractivity (Wildman–Crippen MR) is 159 cm³/mol. The molecule has 5 nitrogen and oxygen atoms in total. The SMILES string of the molecule is CC(C)(C)c1ccnc(-n2c3ccccc3c3ccc(Oc4cc(C(C)(C)C)c5cccc(O)c5n4)cc32)c1. The topological polar surface area (TPSA) is 60.2 Å². The molecule has 0 atom stereocenters. The second kappa shape index (κ2) is 8.84. The van der Waals surface area contributed by atoms with Crippen molar-refractivity contribution in [2.75, 3.05) is 0 Å². The van der Waals surface area contributed by atoms with Gasteiger partial charge in [-0.05, 0) is 58.4 Å². The molecule has 0 bridgehead atoms. The van der Waals surface area contributed by atoms with Gasteiger partial charge in [-0.25, -0.2) is 9.97 Å². The van der Waals surface area contributed by atoms with E-state index in [2.05, 4.69) is 88.6 Å². The molecule has 0 aliphatic rings. The summed E-state index contributed by atoms with van der Waals surface area (Å²) in [5, 5.41) is 13.8. The first-order valence-electron chi connectivity index (χ1n) is 13.3.